The molecular weight excluding hydrogens is 404 g/mol. The minimum absolute atomic E-state index is 0.310. The van der Waals surface area contributed by atoms with E-state index >= 15 is 0 Å². The largest absolute Gasteiger partial charge is 0.400 e. The summed E-state index contributed by atoms with van der Waals surface area (Å²) in [5, 5.41) is 1.08. The Bertz CT molecular complexity index is 1250. The van der Waals surface area contributed by atoms with E-state index in [1.165, 1.54) is 0 Å². The average Bonchev–Trinajstić information content (AvgIpc) is 3.34. The average molecular weight is 428 g/mol. The van der Waals surface area contributed by atoms with Crippen LogP contribution in [0.4, 0.5) is 5.69 Å². The Morgan fingerprint density at radius 3 is 2.53 bits per heavy atom. The molecule has 0 spiro atoms. The molecule has 8 nitrogen and oxygen atoms in total. The van der Waals surface area contributed by atoms with Gasteiger partial charge in [-0.15, -0.1) is 0 Å². The summed E-state index contributed by atoms with van der Waals surface area (Å²) in [5.74, 6) is 0.399. The lowest BCUT2D eigenvalue weighted by Crippen LogP contribution is -2.49. The van der Waals surface area contributed by atoms with Crippen molar-refractivity contribution >= 4 is 34.4 Å². The molecule has 5 rings (SSSR count). The monoisotopic (exact) mass is 428 g/mol. The van der Waals surface area contributed by atoms with Gasteiger partial charge in [-0.2, -0.15) is 0 Å². The maximum atomic E-state index is 12.4. The van der Waals surface area contributed by atoms with Crippen molar-refractivity contribution in [1.82, 2.24) is 14.4 Å². The number of nitrogens with two attached hydrogens (primary N) is 1. The summed E-state index contributed by atoms with van der Waals surface area (Å²) >= 11 is 0. The van der Waals surface area contributed by atoms with Gasteiger partial charge in [0, 0.05) is 50.3 Å². The van der Waals surface area contributed by atoms with E-state index in [4.69, 9.17) is 10.5 Å². The molecule has 3 aromatic rings. The standard InChI is InChI=1S/C24H24N6O2/c1-28-20-10-6-5-7-17(20)15-21(28)22-27-19(23(31)32-22)16-29-11-13-30(14-12-29)24(25)26-18-8-3-2-4-9-18/h2-10,15-16H,11-14H2,1H3,(H2,25,26). The Morgan fingerprint density at radius 1 is 1.06 bits per heavy atom. The maximum absolute atomic E-state index is 12.4. The van der Waals surface area contributed by atoms with E-state index in [0.29, 0.717) is 43.7 Å². The number of aryl methyl sites for hydroxylation is 1. The minimum atomic E-state index is -0.433. The number of hydrogen-bond acceptors (Lipinski definition) is 5. The van der Waals surface area contributed by atoms with Crippen LogP contribution < -0.4 is 5.73 Å². The number of aromatic nitrogens is 1. The van der Waals surface area contributed by atoms with Gasteiger partial charge in [0.2, 0.25) is 5.90 Å². The predicted molar refractivity (Wildman–Crippen MR) is 125 cm³/mol. The molecule has 0 unspecified atom stereocenters. The Kier molecular flexibility index (Phi) is 5.10. The predicted octanol–water partition coefficient (Wildman–Crippen LogP) is 2.59. The van der Waals surface area contributed by atoms with Gasteiger partial charge in [0.25, 0.3) is 0 Å². The summed E-state index contributed by atoms with van der Waals surface area (Å²) < 4.78 is 7.47. The third-order valence-electron chi connectivity index (χ3n) is 5.73. The highest BCUT2D eigenvalue weighted by Gasteiger charge is 2.28. The molecule has 3 heterocycles. The van der Waals surface area contributed by atoms with Gasteiger partial charge in [-0.3, -0.25) is 0 Å². The summed E-state index contributed by atoms with van der Waals surface area (Å²) in [6.07, 6.45) is 1.78. The van der Waals surface area contributed by atoms with Crippen LogP contribution in [0.5, 0.6) is 0 Å². The van der Waals surface area contributed by atoms with E-state index in [-0.39, 0.29) is 0 Å². The van der Waals surface area contributed by atoms with Crippen LogP contribution >= 0.6 is 0 Å². The van der Waals surface area contributed by atoms with Crippen LogP contribution in [0.1, 0.15) is 5.69 Å². The molecule has 2 aliphatic heterocycles. The van der Waals surface area contributed by atoms with Gasteiger partial charge < -0.3 is 24.8 Å². The van der Waals surface area contributed by atoms with E-state index in [1.807, 2.05) is 77.2 Å². The number of ether oxygens (including phenoxy) is 1. The Balaban J connectivity index is 1.28. The van der Waals surface area contributed by atoms with E-state index in [1.54, 1.807) is 6.20 Å². The molecule has 32 heavy (non-hydrogen) atoms. The highest BCUT2D eigenvalue weighted by atomic mass is 16.6. The SMILES string of the molecule is Cn1c(C2=NC(=CN3CCN(C(N)=Nc4ccccc4)CC3)C(=O)O2)cc2ccccc21. The summed E-state index contributed by atoms with van der Waals surface area (Å²) in [7, 11) is 1.94. The van der Waals surface area contributed by atoms with Crippen LogP contribution in [0, 0.1) is 0 Å². The quantitative estimate of drug-likeness (QED) is 0.300. The van der Waals surface area contributed by atoms with Crippen molar-refractivity contribution in [3.05, 3.63) is 78.3 Å². The molecule has 162 valence electrons. The Hall–Kier alpha value is -4.07. The number of nitrogens with zero attached hydrogens (tertiary/aromatic N) is 5. The molecule has 0 bridgehead atoms. The normalized spacial score (nSPS) is 18.4. The second-order valence-electron chi connectivity index (χ2n) is 7.80. The first kappa shape index (κ1) is 19.9. The summed E-state index contributed by atoms with van der Waals surface area (Å²) in [6.45, 7) is 2.84. The molecule has 1 aromatic heterocycles. The van der Waals surface area contributed by atoms with Gasteiger partial charge in [-0.25, -0.2) is 14.8 Å². The molecule has 0 amide bonds. The molecule has 0 radical (unpaired) electrons. The number of hydrogen-bond donors (Lipinski definition) is 1. The summed E-state index contributed by atoms with van der Waals surface area (Å²) in [5.41, 5.74) is 9.16. The number of carbonyl (C=O) groups excluding carboxylic acids is 1. The topological polar surface area (TPSA) is 88.5 Å². The number of aliphatic imine (C=N–C) groups is 2. The zero-order valence-corrected chi connectivity index (χ0v) is 17.8. The number of fused-ring (bicyclic) bond motifs is 1. The van der Waals surface area contributed by atoms with Crippen LogP contribution in [0.2, 0.25) is 0 Å². The van der Waals surface area contributed by atoms with Crippen molar-refractivity contribution < 1.29 is 9.53 Å². The maximum Gasteiger partial charge on any atom is 0.365 e. The number of esters is 1. The number of rotatable bonds is 3. The zero-order chi connectivity index (χ0) is 22.1. The third-order valence-corrected chi connectivity index (χ3v) is 5.73. The van der Waals surface area contributed by atoms with Gasteiger partial charge in [0.1, 0.15) is 5.69 Å². The molecule has 0 saturated carbocycles. The minimum Gasteiger partial charge on any atom is -0.400 e. The molecular formula is C24H24N6O2. The van der Waals surface area contributed by atoms with Crippen LogP contribution in [0.25, 0.3) is 10.9 Å². The lowest BCUT2D eigenvalue weighted by Gasteiger charge is -2.34. The van der Waals surface area contributed by atoms with Crippen molar-refractivity contribution in [3.63, 3.8) is 0 Å². The molecule has 1 fully saturated rings. The first-order valence-electron chi connectivity index (χ1n) is 10.5. The molecule has 1 saturated heterocycles. The molecule has 2 aromatic carbocycles. The van der Waals surface area contributed by atoms with E-state index in [2.05, 4.69) is 14.9 Å². The fraction of sp³-hybridized carbons (Fsp3) is 0.208. The smallest absolute Gasteiger partial charge is 0.365 e. The van der Waals surface area contributed by atoms with E-state index in [9.17, 15) is 4.79 Å². The van der Waals surface area contributed by atoms with Gasteiger partial charge >= 0.3 is 5.97 Å². The second kappa shape index (κ2) is 8.22. The first-order chi connectivity index (χ1) is 15.6. The Labute approximate surface area is 185 Å². The number of piperazine rings is 1. The van der Waals surface area contributed by atoms with Crippen LogP contribution in [0.15, 0.2) is 82.5 Å². The number of para-hydroxylation sites is 2. The van der Waals surface area contributed by atoms with Gasteiger partial charge in [0.15, 0.2) is 11.7 Å². The number of benzene rings is 2. The number of cyclic esters (lactones) is 1. The van der Waals surface area contributed by atoms with E-state index < -0.39 is 5.97 Å². The van der Waals surface area contributed by atoms with Crippen molar-refractivity contribution in [2.24, 2.45) is 22.8 Å². The highest BCUT2D eigenvalue weighted by Crippen LogP contribution is 2.23. The van der Waals surface area contributed by atoms with Gasteiger partial charge in [0.05, 0.1) is 5.69 Å². The fourth-order valence-corrected chi connectivity index (χ4v) is 3.96. The molecule has 0 atom stereocenters. The zero-order valence-electron chi connectivity index (χ0n) is 17.8. The number of guanidine groups is 1. The van der Waals surface area contributed by atoms with Gasteiger partial charge in [-0.1, -0.05) is 36.4 Å². The molecule has 2 aliphatic rings. The number of carbonyl (C=O) groups is 1. The summed E-state index contributed by atoms with van der Waals surface area (Å²) in [4.78, 5) is 25.5. The van der Waals surface area contributed by atoms with Crippen molar-refractivity contribution in [2.75, 3.05) is 26.2 Å². The lowest BCUT2D eigenvalue weighted by molar-refractivity contribution is -0.130. The lowest BCUT2D eigenvalue weighted by atomic mass is 10.2. The Morgan fingerprint density at radius 2 is 1.78 bits per heavy atom. The van der Waals surface area contributed by atoms with E-state index in [0.717, 1.165) is 22.3 Å². The third kappa shape index (κ3) is 3.82. The summed E-state index contributed by atoms with van der Waals surface area (Å²) in [6, 6.07) is 19.7. The van der Waals surface area contributed by atoms with Crippen molar-refractivity contribution in [3.8, 4) is 0 Å². The van der Waals surface area contributed by atoms with Gasteiger partial charge in [-0.05, 0) is 24.3 Å². The molecule has 2 N–H and O–H groups in total. The van der Waals surface area contributed by atoms with Crippen molar-refractivity contribution in [1.29, 1.82) is 0 Å². The second-order valence-corrected chi connectivity index (χ2v) is 7.80. The van der Waals surface area contributed by atoms with Crippen molar-refractivity contribution in [2.45, 2.75) is 0 Å². The highest BCUT2D eigenvalue weighted by molar-refractivity contribution is 6.12. The van der Waals surface area contributed by atoms with Crippen LogP contribution in [0.3, 0.4) is 0 Å². The van der Waals surface area contributed by atoms with Crippen LogP contribution in [-0.4, -0.2) is 58.4 Å². The fourth-order valence-electron chi connectivity index (χ4n) is 3.96. The van der Waals surface area contributed by atoms with Crippen LogP contribution in [-0.2, 0) is 16.6 Å². The first-order valence-corrected chi connectivity index (χ1v) is 10.5. The molecule has 8 heteroatoms. The molecule has 0 aliphatic carbocycles.